The summed E-state index contributed by atoms with van der Waals surface area (Å²) in [6.45, 7) is 0. The Morgan fingerprint density at radius 1 is 1.28 bits per heavy atom. The molecule has 96 valence electrons. The largest absolute Gasteiger partial charge is 0.478 e. The van der Waals surface area contributed by atoms with Gasteiger partial charge in [0.15, 0.2) is 0 Å². The highest BCUT2D eigenvalue weighted by Crippen LogP contribution is 2.04. The van der Waals surface area contributed by atoms with E-state index in [9.17, 15) is 14.4 Å². The first-order valence-corrected chi connectivity index (χ1v) is 5.37. The molecule has 1 aromatic carbocycles. The zero-order valence-electron chi connectivity index (χ0n) is 9.63. The van der Waals surface area contributed by atoms with Crippen LogP contribution in [0.2, 0.25) is 0 Å². The van der Waals surface area contributed by atoms with Crippen molar-refractivity contribution in [1.82, 2.24) is 5.32 Å². The molecule has 18 heavy (non-hydrogen) atoms. The lowest BCUT2D eigenvalue weighted by Crippen LogP contribution is -2.37. The van der Waals surface area contributed by atoms with E-state index in [1.807, 2.05) is 0 Å². The summed E-state index contributed by atoms with van der Waals surface area (Å²) in [6.07, 6.45) is 0.974. The van der Waals surface area contributed by atoms with Crippen LogP contribution in [0.3, 0.4) is 0 Å². The standard InChI is InChI=1S/C7H6O2.C5H8N2O2/c8-7(9)6-4-2-1-3-5-6;6-5(9)3-1-2-4(8)7-3/h1-5H,(H,8,9);3H,1-2H2,(H2,6,9)(H,7,8). The number of nitrogens with two attached hydrogens (primary N) is 1. The minimum atomic E-state index is -0.879. The van der Waals surface area contributed by atoms with E-state index in [0.717, 1.165) is 0 Å². The van der Waals surface area contributed by atoms with E-state index in [-0.39, 0.29) is 5.91 Å². The number of nitrogens with one attached hydrogen (secondary N) is 1. The highest BCUT2D eigenvalue weighted by Gasteiger charge is 2.24. The average Bonchev–Trinajstić information content (AvgIpc) is 2.78. The van der Waals surface area contributed by atoms with Crippen LogP contribution < -0.4 is 11.1 Å². The molecule has 0 aliphatic carbocycles. The maximum Gasteiger partial charge on any atom is 0.335 e. The molecule has 1 aromatic rings. The smallest absolute Gasteiger partial charge is 0.335 e. The van der Waals surface area contributed by atoms with Crippen molar-refractivity contribution in [3.05, 3.63) is 35.9 Å². The Hall–Kier alpha value is -2.37. The molecule has 4 N–H and O–H groups in total. The molecule has 6 nitrogen and oxygen atoms in total. The summed E-state index contributed by atoms with van der Waals surface area (Å²) in [5.74, 6) is -1.41. The number of rotatable bonds is 2. The fourth-order valence-electron chi connectivity index (χ4n) is 1.41. The Labute approximate surface area is 104 Å². The molecule has 6 heteroatoms. The fourth-order valence-corrected chi connectivity index (χ4v) is 1.41. The van der Waals surface area contributed by atoms with Crippen molar-refractivity contribution in [3.63, 3.8) is 0 Å². The van der Waals surface area contributed by atoms with Crippen molar-refractivity contribution in [2.75, 3.05) is 0 Å². The molecule has 2 rings (SSSR count). The molecule has 1 atom stereocenters. The Bertz CT molecular complexity index is 445. The summed E-state index contributed by atoms with van der Waals surface area (Å²) < 4.78 is 0. The van der Waals surface area contributed by atoms with Crippen molar-refractivity contribution in [1.29, 1.82) is 0 Å². The van der Waals surface area contributed by atoms with Crippen molar-refractivity contribution in [2.24, 2.45) is 5.73 Å². The third-order valence-corrected chi connectivity index (χ3v) is 2.36. The minimum absolute atomic E-state index is 0.0844. The molecule has 1 aliphatic rings. The predicted molar refractivity (Wildman–Crippen MR) is 63.8 cm³/mol. The molecular formula is C12H14N2O4. The van der Waals surface area contributed by atoms with Gasteiger partial charge in [-0.15, -0.1) is 0 Å². The molecule has 0 radical (unpaired) electrons. The van der Waals surface area contributed by atoms with Crippen molar-refractivity contribution in [2.45, 2.75) is 18.9 Å². The summed E-state index contributed by atoms with van der Waals surface area (Å²) in [4.78, 5) is 31.0. The summed E-state index contributed by atoms with van der Waals surface area (Å²) in [5.41, 5.74) is 5.24. The zero-order valence-corrected chi connectivity index (χ0v) is 9.63. The van der Waals surface area contributed by atoms with E-state index in [4.69, 9.17) is 10.8 Å². The minimum Gasteiger partial charge on any atom is -0.478 e. The number of benzene rings is 1. The van der Waals surface area contributed by atoms with Gasteiger partial charge in [0.1, 0.15) is 6.04 Å². The molecule has 1 fully saturated rings. The molecular weight excluding hydrogens is 236 g/mol. The normalized spacial score (nSPS) is 17.3. The SMILES string of the molecule is NC(=O)C1CCC(=O)N1.O=C(O)c1ccccc1. The zero-order chi connectivity index (χ0) is 13.5. The topological polar surface area (TPSA) is 109 Å². The highest BCUT2D eigenvalue weighted by molar-refractivity contribution is 5.89. The van der Waals surface area contributed by atoms with E-state index < -0.39 is 17.9 Å². The number of hydrogen-bond donors (Lipinski definition) is 3. The van der Waals surface area contributed by atoms with Crippen LogP contribution in [-0.2, 0) is 9.59 Å². The lowest BCUT2D eigenvalue weighted by atomic mass is 10.2. The molecule has 0 spiro atoms. The average molecular weight is 250 g/mol. The van der Waals surface area contributed by atoms with Gasteiger partial charge in [0.25, 0.3) is 0 Å². The van der Waals surface area contributed by atoms with Gasteiger partial charge in [-0.3, -0.25) is 9.59 Å². The van der Waals surface area contributed by atoms with Crippen molar-refractivity contribution >= 4 is 17.8 Å². The monoisotopic (exact) mass is 250 g/mol. The molecule has 1 unspecified atom stereocenters. The molecule has 0 saturated carbocycles. The van der Waals surface area contributed by atoms with E-state index in [2.05, 4.69) is 5.32 Å². The Morgan fingerprint density at radius 3 is 2.17 bits per heavy atom. The quantitative estimate of drug-likeness (QED) is 0.693. The number of carbonyl (C=O) groups is 3. The summed E-state index contributed by atoms with van der Waals surface area (Å²) in [5, 5.41) is 10.8. The number of hydrogen-bond acceptors (Lipinski definition) is 3. The molecule has 1 heterocycles. The predicted octanol–water partition coefficient (Wildman–Crippen LogP) is 0.135. The van der Waals surface area contributed by atoms with Gasteiger partial charge in [-0.1, -0.05) is 18.2 Å². The van der Waals surface area contributed by atoms with Gasteiger partial charge < -0.3 is 16.2 Å². The third-order valence-electron chi connectivity index (χ3n) is 2.36. The van der Waals surface area contributed by atoms with E-state index in [1.165, 1.54) is 0 Å². The summed E-state index contributed by atoms with van der Waals surface area (Å²) in [6, 6.07) is 7.88. The van der Waals surface area contributed by atoms with Gasteiger partial charge in [0, 0.05) is 6.42 Å². The number of carbonyl (C=O) groups excluding carboxylic acids is 2. The Morgan fingerprint density at radius 2 is 1.89 bits per heavy atom. The number of amides is 2. The first kappa shape index (κ1) is 13.7. The molecule has 0 aromatic heterocycles. The third kappa shape index (κ3) is 4.25. The van der Waals surface area contributed by atoms with E-state index >= 15 is 0 Å². The lowest BCUT2D eigenvalue weighted by molar-refractivity contribution is -0.123. The van der Waals surface area contributed by atoms with Gasteiger partial charge in [0.2, 0.25) is 11.8 Å². The lowest BCUT2D eigenvalue weighted by Gasteiger charge is -2.01. The maximum absolute atomic E-state index is 10.4. The van der Waals surface area contributed by atoms with Crippen LogP contribution in [0.1, 0.15) is 23.2 Å². The van der Waals surface area contributed by atoms with Gasteiger partial charge in [-0.2, -0.15) is 0 Å². The van der Waals surface area contributed by atoms with Crippen LogP contribution in [0.4, 0.5) is 0 Å². The van der Waals surface area contributed by atoms with Gasteiger partial charge in [-0.05, 0) is 18.6 Å². The first-order chi connectivity index (χ1) is 8.50. The van der Waals surface area contributed by atoms with Crippen LogP contribution >= 0.6 is 0 Å². The van der Waals surface area contributed by atoms with Gasteiger partial charge in [0.05, 0.1) is 5.56 Å². The Kier molecular flexibility index (Phi) is 4.86. The second-order valence-corrected chi connectivity index (χ2v) is 3.73. The van der Waals surface area contributed by atoms with Crippen LogP contribution in [0.25, 0.3) is 0 Å². The maximum atomic E-state index is 10.4. The summed E-state index contributed by atoms with van der Waals surface area (Å²) in [7, 11) is 0. The van der Waals surface area contributed by atoms with E-state index in [1.54, 1.807) is 30.3 Å². The second-order valence-electron chi connectivity index (χ2n) is 3.73. The molecule has 0 bridgehead atoms. The van der Waals surface area contributed by atoms with Crippen molar-refractivity contribution < 1.29 is 19.5 Å². The highest BCUT2D eigenvalue weighted by atomic mass is 16.4. The van der Waals surface area contributed by atoms with E-state index in [0.29, 0.717) is 18.4 Å². The van der Waals surface area contributed by atoms with Crippen LogP contribution in [0.15, 0.2) is 30.3 Å². The van der Waals surface area contributed by atoms with Crippen molar-refractivity contribution in [3.8, 4) is 0 Å². The number of aromatic carboxylic acids is 1. The van der Waals surface area contributed by atoms with Gasteiger partial charge in [-0.25, -0.2) is 4.79 Å². The second kappa shape index (κ2) is 6.39. The molecule has 2 amide bonds. The van der Waals surface area contributed by atoms with Gasteiger partial charge >= 0.3 is 5.97 Å². The first-order valence-electron chi connectivity index (χ1n) is 5.37. The number of primary amides is 1. The fraction of sp³-hybridized carbons (Fsp3) is 0.250. The summed E-state index contributed by atoms with van der Waals surface area (Å²) >= 11 is 0. The van der Waals surface area contributed by atoms with Crippen LogP contribution in [-0.4, -0.2) is 28.9 Å². The number of carboxylic acid groups (broad SMARTS) is 1. The van der Waals surface area contributed by atoms with Crippen LogP contribution in [0.5, 0.6) is 0 Å². The molecule has 1 saturated heterocycles. The Balaban J connectivity index is 0.000000180. The number of carboxylic acids is 1. The van der Waals surface area contributed by atoms with Crippen LogP contribution in [0, 0.1) is 0 Å². The molecule has 1 aliphatic heterocycles.